The monoisotopic (exact) mass is 350 g/mol. The van der Waals surface area contributed by atoms with Crippen molar-refractivity contribution >= 4 is 17.2 Å². The molecule has 0 radical (unpaired) electrons. The third-order valence-electron chi connectivity index (χ3n) is 5.11. The van der Waals surface area contributed by atoms with Gasteiger partial charge in [0.15, 0.2) is 0 Å². The minimum absolute atomic E-state index is 0.0799. The summed E-state index contributed by atoms with van der Waals surface area (Å²) in [6, 6.07) is 17.0. The molecule has 3 rings (SSSR count). The van der Waals surface area contributed by atoms with Crippen LogP contribution in [0, 0.1) is 31.1 Å². The fraction of sp³-hybridized carbons (Fsp3) is 0.333. The highest BCUT2D eigenvalue weighted by molar-refractivity contribution is 7.80. The topological polar surface area (TPSA) is 45.0 Å². The molecule has 1 saturated heterocycles. The van der Waals surface area contributed by atoms with Crippen LogP contribution in [-0.2, 0) is 0 Å². The van der Waals surface area contributed by atoms with Crippen molar-refractivity contribution < 1.29 is 4.74 Å². The highest BCUT2D eigenvalue weighted by Gasteiger charge is 2.35. The van der Waals surface area contributed by atoms with Gasteiger partial charge in [0.05, 0.1) is 24.2 Å². The third-order valence-corrected chi connectivity index (χ3v) is 5.48. The summed E-state index contributed by atoms with van der Waals surface area (Å²) in [5, 5.41) is 13.0. The second-order valence-corrected chi connectivity index (χ2v) is 7.07. The van der Waals surface area contributed by atoms with Crippen LogP contribution in [0.1, 0.15) is 40.6 Å². The molecule has 1 fully saturated rings. The normalized spacial score (nSPS) is 22.8. The standard InChI is InChI=1S/C21H22N2OS/c1-13-4-5-16(10-14(13)2)20-11-18(19(12-22)21(25)23-20)15-6-8-17(24-3)9-7-15/h4-10,18-20H,11H2,1-3H3,(H,23,25). The minimum Gasteiger partial charge on any atom is -0.497 e. The van der Waals surface area contributed by atoms with Crippen LogP contribution in [0.2, 0.25) is 0 Å². The third kappa shape index (κ3) is 3.52. The van der Waals surface area contributed by atoms with E-state index in [1.165, 1.54) is 16.7 Å². The average molecular weight is 350 g/mol. The summed E-state index contributed by atoms with van der Waals surface area (Å²) in [6.07, 6.45) is 0.840. The molecule has 0 spiro atoms. The molecule has 3 atom stereocenters. The van der Waals surface area contributed by atoms with Crippen molar-refractivity contribution in [1.29, 1.82) is 5.26 Å². The fourth-order valence-electron chi connectivity index (χ4n) is 3.42. The lowest BCUT2D eigenvalue weighted by molar-refractivity contribution is 0.412. The van der Waals surface area contributed by atoms with Crippen molar-refractivity contribution in [1.82, 2.24) is 5.32 Å². The number of piperidine rings is 1. The zero-order valence-electron chi connectivity index (χ0n) is 14.7. The summed E-state index contributed by atoms with van der Waals surface area (Å²) in [6.45, 7) is 4.24. The van der Waals surface area contributed by atoms with E-state index >= 15 is 0 Å². The van der Waals surface area contributed by atoms with E-state index in [9.17, 15) is 5.26 Å². The lowest BCUT2D eigenvalue weighted by Crippen LogP contribution is -2.41. The molecule has 1 heterocycles. The highest BCUT2D eigenvalue weighted by Crippen LogP contribution is 2.39. The Morgan fingerprint density at radius 1 is 1.08 bits per heavy atom. The number of ether oxygens (including phenoxy) is 1. The van der Waals surface area contributed by atoms with Crippen molar-refractivity contribution in [2.45, 2.75) is 32.2 Å². The Morgan fingerprint density at radius 2 is 1.76 bits per heavy atom. The van der Waals surface area contributed by atoms with Crippen LogP contribution >= 0.6 is 12.2 Å². The number of rotatable bonds is 3. The van der Waals surface area contributed by atoms with Gasteiger partial charge in [-0.3, -0.25) is 0 Å². The van der Waals surface area contributed by atoms with E-state index in [0.29, 0.717) is 4.99 Å². The summed E-state index contributed by atoms with van der Waals surface area (Å²) in [4.78, 5) is 0.637. The van der Waals surface area contributed by atoms with Gasteiger partial charge in [0.2, 0.25) is 0 Å². The van der Waals surface area contributed by atoms with Gasteiger partial charge < -0.3 is 10.1 Å². The Bertz CT molecular complexity index is 823. The van der Waals surface area contributed by atoms with Crippen molar-refractivity contribution in [3.63, 3.8) is 0 Å². The van der Waals surface area contributed by atoms with Crippen molar-refractivity contribution in [3.8, 4) is 11.8 Å². The fourth-order valence-corrected chi connectivity index (χ4v) is 3.78. The van der Waals surface area contributed by atoms with Gasteiger partial charge in [0.1, 0.15) is 11.7 Å². The van der Waals surface area contributed by atoms with Crippen LogP contribution < -0.4 is 10.1 Å². The molecule has 0 saturated carbocycles. The van der Waals surface area contributed by atoms with E-state index in [1.807, 2.05) is 24.3 Å². The number of benzene rings is 2. The predicted octanol–water partition coefficient (Wildman–Crippen LogP) is 4.60. The van der Waals surface area contributed by atoms with Gasteiger partial charge in [0, 0.05) is 5.92 Å². The van der Waals surface area contributed by atoms with Gasteiger partial charge in [-0.1, -0.05) is 42.5 Å². The van der Waals surface area contributed by atoms with Crippen molar-refractivity contribution in [2.24, 2.45) is 5.92 Å². The highest BCUT2D eigenvalue weighted by atomic mass is 32.1. The number of nitrogens with zero attached hydrogens (tertiary/aromatic N) is 1. The van der Waals surface area contributed by atoms with E-state index in [0.717, 1.165) is 17.7 Å². The maximum atomic E-state index is 9.63. The lowest BCUT2D eigenvalue weighted by atomic mass is 9.77. The van der Waals surface area contributed by atoms with E-state index in [2.05, 4.69) is 43.4 Å². The molecule has 1 aliphatic rings. The van der Waals surface area contributed by atoms with Gasteiger partial charge in [-0.15, -0.1) is 0 Å². The summed E-state index contributed by atoms with van der Waals surface area (Å²) < 4.78 is 5.24. The summed E-state index contributed by atoms with van der Waals surface area (Å²) in [5.74, 6) is 0.599. The number of aryl methyl sites for hydroxylation is 2. The van der Waals surface area contributed by atoms with Crippen LogP contribution in [0.3, 0.4) is 0 Å². The molecule has 3 nitrogen and oxygen atoms in total. The predicted molar refractivity (Wildman–Crippen MR) is 104 cm³/mol. The average Bonchev–Trinajstić information content (AvgIpc) is 2.63. The summed E-state index contributed by atoms with van der Waals surface area (Å²) in [7, 11) is 1.66. The molecule has 2 aromatic carbocycles. The van der Waals surface area contributed by atoms with E-state index in [1.54, 1.807) is 7.11 Å². The Hall–Kier alpha value is -2.38. The molecule has 0 bridgehead atoms. The molecule has 4 heteroatoms. The summed E-state index contributed by atoms with van der Waals surface area (Å²) >= 11 is 5.53. The van der Waals surface area contributed by atoms with Gasteiger partial charge >= 0.3 is 0 Å². The summed E-state index contributed by atoms with van der Waals surface area (Å²) in [5.41, 5.74) is 4.91. The first-order valence-corrected chi connectivity index (χ1v) is 8.85. The van der Waals surface area contributed by atoms with Crippen molar-refractivity contribution in [3.05, 3.63) is 64.7 Å². The zero-order chi connectivity index (χ0) is 18.0. The second kappa shape index (κ2) is 7.25. The molecule has 2 aromatic rings. The van der Waals surface area contributed by atoms with Crippen LogP contribution in [0.4, 0.5) is 0 Å². The van der Waals surface area contributed by atoms with E-state index < -0.39 is 0 Å². The Balaban J connectivity index is 1.93. The maximum Gasteiger partial charge on any atom is 0.118 e. The Kier molecular flexibility index (Phi) is 5.06. The molecular weight excluding hydrogens is 328 g/mol. The first kappa shape index (κ1) is 17.4. The number of methoxy groups -OCH3 is 1. The molecular formula is C21H22N2OS. The molecule has 0 amide bonds. The van der Waals surface area contributed by atoms with Gasteiger partial charge in [-0.2, -0.15) is 5.26 Å². The molecule has 3 unspecified atom stereocenters. The molecule has 0 aliphatic carbocycles. The SMILES string of the molecule is COc1ccc(C2CC(c3ccc(C)c(C)c3)NC(=S)C2C#N)cc1. The number of hydrogen-bond acceptors (Lipinski definition) is 3. The van der Waals surface area contributed by atoms with E-state index in [-0.39, 0.29) is 17.9 Å². The maximum absolute atomic E-state index is 9.63. The Morgan fingerprint density at radius 3 is 2.36 bits per heavy atom. The number of thiocarbonyl (C=S) groups is 1. The Labute approximate surface area is 154 Å². The second-order valence-electron chi connectivity index (χ2n) is 6.63. The van der Waals surface area contributed by atoms with Crippen LogP contribution in [0.25, 0.3) is 0 Å². The largest absolute Gasteiger partial charge is 0.497 e. The van der Waals surface area contributed by atoms with Crippen LogP contribution in [0.5, 0.6) is 5.75 Å². The number of nitriles is 1. The smallest absolute Gasteiger partial charge is 0.118 e. The van der Waals surface area contributed by atoms with Crippen LogP contribution in [0.15, 0.2) is 42.5 Å². The number of nitrogens with one attached hydrogen (secondary N) is 1. The van der Waals surface area contributed by atoms with Gasteiger partial charge in [-0.05, 0) is 54.7 Å². The van der Waals surface area contributed by atoms with Crippen LogP contribution in [-0.4, -0.2) is 12.1 Å². The van der Waals surface area contributed by atoms with Gasteiger partial charge in [0.25, 0.3) is 0 Å². The lowest BCUT2D eigenvalue weighted by Gasteiger charge is -2.35. The quantitative estimate of drug-likeness (QED) is 0.822. The molecule has 0 aromatic heterocycles. The molecule has 128 valence electrons. The molecule has 1 aliphatic heterocycles. The molecule has 25 heavy (non-hydrogen) atoms. The molecule has 1 N–H and O–H groups in total. The number of hydrogen-bond donors (Lipinski definition) is 1. The van der Waals surface area contributed by atoms with Crippen molar-refractivity contribution in [2.75, 3.05) is 7.11 Å². The minimum atomic E-state index is -0.300. The first-order chi connectivity index (χ1) is 12.0. The first-order valence-electron chi connectivity index (χ1n) is 8.44. The van der Waals surface area contributed by atoms with E-state index in [4.69, 9.17) is 17.0 Å². The zero-order valence-corrected chi connectivity index (χ0v) is 15.6. The van der Waals surface area contributed by atoms with Gasteiger partial charge in [-0.25, -0.2) is 0 Å².